The Kier molecular flexibility index (Phi) is 3.18. The van der Waals surface area contributed by atoms with Crippen molar-refractivity contribution in [3.8, 4) is 5.75 Å². The van der Waals surface area contributed by atoms with Gasteiger partial charge in [0.15, 0.2) is 0 Å². The molecule has 0 aliphatic heterocycles. The van der Waals surface area contributed by atoms with Gasteiger partial charge < -0.3 is 9.30 Å². The van der Waals surface area contributed by atoms with Crippen molar-refractivity contribution in [2.24, 2.45) is 7.05 Å². The molecule has 0 spiro atoms. The molecule has 96 valence electrons. The van der Waals surface area contributed by atoms with Crippen molar-refractivity contribution in [3.63, 3.8) is 0 Å². The van der Waals surface area contributed by atoms with Crippen molar-refractivity contribution >= 4 is 22.5 Å². The van der Waals surface area contributed by atoms with E-state index in [-0.39, 0.29) is 0 Å². The molecule has 19 heavy (non-hydrogen) atoms. The van der Waals surface area contributed by atoms with Crippen molar-refractivity contribution in [3.05, 3.63) is 65.3 Å². The lowest BCUT2D eigenvalue weighted by molar-refractivity contribution is 0.298. The minimum absolute atomic E-state index is 0.509. The SMILES string of the molecule is Cn1c(COc2ccccc2Cl)cc2ccccc21. The second-order valence-corrected chi connectivity index (χ2v) is 4.88. The summed E-state index contributed by atoms with van der Waals surface area (Å²) in [6.45, 7) is 0.509. The van der Waals surface area contributed by atoms with Crippen LogP contribution in [-0.2, 0) is 13.7 Å². The Morgan fingerprint density at radius 1 is 1.05 bits per heavy atom. The van der Waals surface area contributed by atoms with E-state index in [1.165, 1.54) is 10.9 Å². The zero-order chi connectivity index (χ0) is 13.2. The Morgan fingerprint density at radius 3 is 2.58 bits per heavy atom. The predicted molar refractivity (Wildman–Crippen MR) is 78.7 cm³/mol. The van der Waals surface area contributed by atoms with Crippen molar-refractivity contribution in [1.29, 1.82) is 0 Å². The maximum atomic E-state index is 6.08. The summed E-state index contributed by atoms with van der Waals surface area (Å²) in [6, 6.07) is 18.0. The number of benzene rings is 2. The van der Waals surface area contributed by atoms with Crippen LogP contribution in [0.15, 0.2) is 54.6 Å². The number of fused-ring (bicyclic) bond motifs is 1. The maximum Gasteiger partial charge on any atom is 0.138 e. The zero-order valence-corrected chi connectivity index (χ0v) is 11.4. The first-order valence-electron chi connectivity index (χ1n) is 6.16. The summed E-state index contributed by atoms with van der Waals surface area (Å²) in [7, 11) is 2.05. The van der Waals surface area contributed by atoms with E-state index in [2.05, 4.69) is 22.8 Å². The van der Waals surface area contributed by atoms with Crippen molar-refractivity contribution in [1.82, 2.24) is 4.57 Å². The predicted octanol–water partition coefficient (Wildman–Crippen LogP) is 4.41. The molecule has 3 rings (SSSR count). The summed E-state index contributed by atoms with van der Waals surface area (Å²) >= 11 is 6.08. The third-order valence-electron chi connectivity index (χ3n) is 3.26. The van der Waals surface area contributed by atoms with Crippen molar-refractivity contribution < 1.29 is 4.74 Å². The molecule has 0 saturated carbocycles. The Bertz CT molecular complexity index is 718. The van der Waals surface area contributed by atoms with E-state index in [0.29, 0.717) is 11.6 Å². The topological polar surface area (TPSA) is 14.2 Å². The fourth-order valence-corrected chi connectivity index (χ4v) is 2.39. The maximum absolute atomic E-state index is 6.08. The van der Waals surface area contributed by atoms with Gasteiger partial charge in [0.2, 0.25) is 0 Å². The van der Waals surface area contributed by atoms with Gasteiger partial charge in [-0.05, 0) is 29.7 Å². The van der Waals surface area contributed by atoms with E-state index in [1.54, 1.807) is 0 Å². The van der Waals surface area contributed by atoms with Gasteiger partial charge in [0.05, 0.1) is 10.7 Å². The molecule has 0 radical (unpaired) electrons. The average molecular weight is 272 g/mol. The van der Waals surface area contributed by atoms with Crippen molar-refractivity contribution in [2.75, 3.05) is 0 Å². The second kappa shape index (κ2) is 4.98. The largest absolute Gasteiger partial charge is 0.486 e. The smallest absolute Gasteiger partial charge is 0.138 e. The molecule has 0 aliphatic carbocycles. The van der Waals surface area contributed by atoms with E-state index < -0.39 is 0 Å². The summed E-state index contributed by atoms with van der Waals surface area (Å²) in [6.07, 6.45) is 0. The third kappa shape index (κ3) is 2.32. The minimum atomic E-state index is 0.509. The van der Waals surface area contributed by atoms with Gasteiger partial charge in [-0.2, -0.15) is 0 Å². The van der Waals surface area contributed by atoms with Gasteiger partial charge in [-0.1, -0.05) is 41.9 Å². The first-order valence-corrected chi connectivity index (χ1v) is 6.54. The van der Waals surface area contributed by atoms with E-state index in [1.807, 2.05) is 43.4 Å². The molecule has 0 amide bonds. The van der Waals surface area contributed by atoms with Crippen LogP contribution in [0.4, 0.5) is 0 Å². The molecule has 0 atom stereocenters. The highest BCUT2D eigenvalue weighted by molar-refractivity contribution is 6.32. The third-order valence-corrected chi connectivity index (χ3v) is 3.58. The van der Waals surface area contributed by atoms with Gasteiger partial charge in [0, 0.05) is 12.6 Å². The highest BCUT2D eigenvalue weighted by atomic mass is 35.5. The molecule has 0 saturated heterocycles. The lowest BCUT2D eigenvalue weighted by Gasteiger charge is -2.08. The Labute approximate surface area is 117 Å². The van der Waals surface area contributed by atoms with E-state index in [0.717, 1.165) is 11.4 Å². The molecule has 2 nitrogen and oxygen atoms in total. The number of nitrogens with zero attached hydrogens (tertiary/aromatic N) is 1. The Morgan fingerprint density at radius 2 is 1.79 bits per heavy atom. The number of hydrogen-bond acceptors (Lipinski definition) is 1. The highest BCUT2D eigenvalue weighted by Crippen LogP contribution is 2.25. The molecule has 0 N–H and O–H groups in total. The number of aryl methyl sites for hydroxylation is 1. The van der Waals surface area contributed by atoms with Crippen LogP contribution in [-0.4, -0.2) is 4.57 Å². The van der Waals surface area contributed by atoms with Crippen LogP contribution in [0, 0.1) is 0 Å². The summed E-state index contributed by atoms with van der Waals surface area (Å²) in [5.74, 6) is 0.717. The summed E-state index contributed by atoms with van der Waals surface area (Å²) in [4.78, 5) is 0. The number of para-hydroxylation sites is 2. The van der Waals surface area contributed by atoms with Crippen LogP contribution in [0.2, 0.25) is 5.02 Å². The van der Waals surface area contributed by atoms with Crippen molar-refractivity contribution in [2.45, 2.75) is 6.61 Å². The van der Waals surface area contributed by atoms with Gasteiger partial charge >= 0.3 is 0 Å². The van der Waals surface area contributed by atoms with E-state index in [9.17, 15) is 0 Å². The summed E-state index contributed by atoms with van der Waals surface area (Å²) < 4.78 is 7.93. The average Bonchev–Trinajstić information content (AvgIpc) is 2.75. The van der Waals surface area contributed by atoms with E-state index >= 15 is 0 Å². The molecule has 0 aliphatic rings. The monoisotopic (exact) mass is 271 g/mol. The zero-order valence-electron chi connectivity index (χ0n) is 10.6. The molecule has 0 unspecified atom stereocenters. The fourth-order valence-electron chi connectivity index (χ4n) is 2.20. The van der Waals surface area contributed by atoms with Crippen LogP contribution in [0.3, 0.4) is 0 Å². The van der Waals surface area contributed by atoms with Crippen LogP contribution < -0.4 is 4.74 Å². The molecular formula is C16H14ClNO. The molecule has 0 fully saturated rings. The number of hydrogen-bond donors (Lipinski definition) is 0. The number of aromatic nitrogens is 1. The molecule has 2 aromatic carbocycles. The quantitative estimate of drug-likeness (QED) is 0.688. The summed E-state index contributed by atoms with van der Waals surface area (Å²) in [5, 5.41) is 1.86. The van der Waals surface area contributed by atoms with Crippen LogP contribution in [0.5, 0.6) is 5.75 Å². The Hall–Kier alpha value is -1.93. The lowest BCUT2D eigenvalue weighted by Crippen LogP contribution is -2.01. The standard InChI is InChI=1S/C16H14ClNO/c1-18-13(10-12-6-2-4-8-15(12)18)11-19-16-9-5-3-7-14(16)17/h2-10H,11H2,1H3. The van der Waals surface area contributed by atoms with Crippen LogP contribution >= 0.6 is 11.6 Å². The number of halogens is 1. The molecule has 1 heterocycles. The number of rotatable bonds is 3. The molecule has 3 heteroatoms. The van der Waals surface area contributed by atoms with Crippen LogP contribution in [0.25, 0.3) is 10.9 Å². The molecular weight excluding hydrogens is 258 g/mol. The Balaban J connectivity index is 1.86. The second-order valence-electron chi connectivity index (χ2n) is 4.47. The molecule has 1 aromatic heterocycles. The van der Waals surface area contributed by atoms with E-state index in [4.69, 9.17) is 16.3 Å². The highest BCUT2D eigenvalue weighted by Gasteiger charge is 2.06. The molecule has 3 aromatic rings. The van der Waals surface area contributed by atoms with Gasteiger partial charge in [-0.25, -0.2) is 0 Å². The first-order chi connectivity index (χ1) is 9.25. The van der Waals surface area contributed by atoms with Crippen LogP contribution in [0.1, 0.15) is 5.69 Å². The molecule has 0 bridgehead atoms. The van der Waals surface area contributed by atoms with Gasteiger partial charge in [0.1, 0.15) is 12.4 Å². The lowest BCUT2D eigenvalue weighted by atomic mass is 10.2. The van der Waals surface area contributed by atoms with Gasteiger partial charge in [0.25, 0.3) is 0 Å². The van der Waals surface area contributed by atoms with Gasteiger partial charge in [-0.3, -0.25) is 0 Å². The first kappa shape index (κ1) is 12.1. The normalized spacial score (nSPS) is 10.8. The van der Waals surface area contributed by atoms with Gasteiger partial charge in [-0.15, -0.1) is 0 Å². The number of ether oxygens (including phenoxy) is 1. The summed E-state index contributed by atoms with van der Waals surface area (Å²) in [5.41, 5.74) is 2.33. The minimum Gasteiger partial charge on any atom is -0.486 e. The fraction of sp³-hybridized carbons (Fsp3) is 0.125.